The monoisotopic (exact) mass is 243 g/mol. The van der Waals surface area contributed by atoms with E-state index >= 15 is 0 Å². The number of nitrogens with one attached hydrogen (secondary N) is 1. The first-order chi connectivity index (χ1) is 7.56. The molecule has 90 valence electrons. The second kappa shape index (κ2) is 5.89. The Morgan fingerprint density at radius 2 is 2.31 bits per heavy atom. The summed E-state index contributed by atoms with van der Waals surface area (Å²) >= 11 is 6.05. The Labute approximate surface area is 101 Å². The third-order valence-electron chi connectivity index (χ3n) is 2.22. The van der Waals surface area contributed by atoms with Crippen molar-refractivity contribution in [3.8, 4) is 0 Å². The summed E-state index contributed by atoms with van der Waals surface area (Å²) in [5, 5.41) is 6.26. The molecule has 5 heteroatoms. The van der Waals surface area contributed by atoms with Crippen LogP contribution in [0.25, 0.3) is 0 Å². The standard InChI is InChI=1S/C11H18ClN3O/c1-4-5-13-11(16)10(12)9-6-14-15(7-9)8(2)3/h6-8,10H,4-5H2,1-3H3,(H,13,16). The number of amides is 1. The fourth-order valence-electron chi connectivity index (χ4n) is 1.26. The number of hydrogen-bond acceptors (Lipinski definition) is 2. The van der Waals surface area contributed by atoms with Gasteiger partial charge in [-0.2, -0.15) is 5.10 Å². The van der Waals surface area contributed by atoms with E-state index in [-0.39, 0.29) is 11.9 Å². The largest absolute Gasteiger partial charge is 0.355 e. The summed E-state index contributed by atoms with van der Waals surface area (Å²) in [5.41, 5.74) is 0.740. The van der Waals surface area contributed by atoms with Gasteiger partial charge in [-0.25, -0.2) is 0 Å². The van der Waals surface area contributed by atoms with Crippen LogP contribution in [0.5, 0.6) is 0 Å². The number of hydrogen-bond donors (Lipinski definition) is 1. The molecule has 1 atom stereocenters. The van der Waals surface area contributed by atoms with Crippen LogP contribution in [-0.2, 0) is 4.79 Å². The van der Waals surface area contributed by atoms with E-state index in [1.54, 1.807) is 10.9 Å². The van der Waals surface area contributed by atoms with Crippen molar-refractivity contribution in [3.63, 3.8) is 0 Å². The van der Waals surface area contributed by atoms with Crippen LogP contribution in [-0.4, -0.2) is 22.2 Å². The molecule has 4 nitrogen and oxygen atoms in total. The van der Waals surface area contributed by atoms with Crippen LogP contribution in [0.2, 0.25) is 0 Å². The van der Waals surface area contributed by atoms with Crippen LogP contribution >= 0.6 is 11.6 Å². The van der Waals surface area contributed by atoms with E-state index in [2.05, 4.69) is 10.4 Å². The second-order valence-corrected chi connectivity index (χ2v) is 4.44. The van der Waals surface area contributed by atoms with Crippen LogP contribution in [0.1, 0.15) is 44.2 Å². The summed E-state index contributed by atoms with van der Waals surface area (Å²) < 4.78 is 1.79. The van der Waals surface area contributed by atoms with Crippen molar-refractivity contribution in [1.29, 1.82) is 0 Å². The minimum atomic E-state index is -0.654. The van der Waals surface area contributed by atoms with Gasteiger partial charge in [-0.15, -0.1) is 11.6 Å². The minimum absolute atomic E-state index is 0.160. The van der Waals surface area contributed by atoms with Gasteiger partial charge >= 0.3 is 0 Å². The highest BCUT2D eigenvalue weighted by atomic mass is 35.5. The molecule has 0 aliphatic heterocycles. The summed E-state index contributed by atoms with van der Waals surface area (Å²) in [6, 6.07) is 0.274. The lowest BCUT2D eigenvalue weighted by Gasteiger charge is -2.08. The lowest BCUT2D eigenvalue weighted by molar-refractivity contribution is -0.120. The van der Waals surface area contributed by atoms with Gasteiger partial charge in [0.15, 0.2) is 0 Å². The first-order valence-electron chi connectivity index (χ1n) is 5.52. The molecular weight excluding hydrogens is 226 g/mol. The number of carbonyl (C=O) groups is 1. The Morgan fingerprint density at radius 1 is 1.62 bits per heavy atom. The van der Waals surface area contributed by atoms with Gasteiger partial charge in [0.2, 0.25) is 5.91 Å². The summed E-state index contributed by atoms with van der Waals surface area (Å²) in [5.74, 6) is -0.160. The van der Waals surface area contributed by atoms with E-state index in [1.165, 1.54) is 0 Å². The highest BCUT2D eigenvalue weighted by molar-refractivity contribution is 6.30. The average molecular weight is 244 g/mol. The third-order valence-corrected chi connectivity index (χ3v) is 2.67. The smallest absolute Gasteiger partial charge is 0.242 e. The van der Waals surface area contributed by atoms with Gasteiger partial charge in [-0.1, -0.05) is 6.92 Å². The van der Waals surface area contributed by atoms with E-state index < -0.39 is 5.38 Å². The highest BCUT2D eigenvalue weighted by Crippen LogP contribution is 2.20. The van der Waals surface area contributed by atoms with Gasteiger partial charge < -0.3 is 5.32 Å². The maximum Gasteiger partial charge on any atom is 0.242 e. The molecule has 0 aromatic carbocycles. The zero-order chi connectivity index (χ0) is 12.1. The highest BCUT2D eigenvalue weighted by Gasteiger charge is 2.19. The number of halogens is 1. The zero-order valence-corrected chi connectivity index (χ0v) is 10.7. The quantitative estimate of drug-likeness (QED) is 0.807. The molecule has 1 unspecified atom stereocenters. The Morgan fingerprint density at radius 3 is 2.81 bits per heavy atom. The molecule has 1 aromatic heterocycles. The van der Waals surface area contributed by atoms with Gasteiger partial charge in [-0.3, -0.25) is 9.48 Å². The van der Waals surface area contributed by atoms with Crippen molar-refractivity contribution in [3.05, 3.63) is 18.0 Å². The van der Waals surface area contributed by atoms with E-state index in [9.17, 15) is 4.79 Å². The van der Waals surface area contributed by atoms with Crippen molar-refractivity contribution >= 4 is 17.5 Å². The summed E-state index contributed by atoms with van der Waals surface area (Å²) in [6.45, 7) is 6.70. The van der Waals surface area contributed by atoms with E-state index in [4.69, 9.17) is 11.6 Å². The molecule has 0 saturated heterocycles. The molecular formula is C11H18ClN3O. The van der Waals surface area contributed by atoms with Crippen LogP contribution in [0.15, 0.2) is 12.4 Å². The maximum atomic E-state index is 11.6. The fourth-order valence-corrected chi connectivity index (χ4v) is 1.45. The predicted molar refractivity (Wildman–Crippen MR) is 64.5 cm³/mol. The molecule has 0 fully saturated rings. The number of nitrogens with zero attached hydrogens (tertiary/aromatic N) is 2. The van der Waals surface area contributed by atoms with E-state index in [1.807, 2.05) is 27.0 Å². The van der Waals surface area contributed by atoms with Crippen molar-refractivity contribution in [2.75, 3.05) is 6.54 Å². The number of alkyl halides is 1. The van der Waals surface area contributed by atoms with Crippen molar-refractivity contribution in [1.82, 2.24) is 15.1 Å². The molecule has 0 aliphatic rings. The summed E-state index contributed by atoms with van der Waals surface area (Å²) in [7, 11) is 0. The molecule has 0 aliphatic carbocycles. The SMILES string of the molecule is CCCNC(=O)C(Cl)c1cnn(C(C)C)c1. The second-order valence-electron chi connectivity index (χ2n) is 4.00. The number of aromatic nitrogens is 2. The van der Waals surface area contributed by atoms with Crippen LogP contribution in [0, 0.1) is 0 Å². The average Bonchev–Trinajstić information content (AvgIpc) is 2.74. The predicted octanol–water partition coefficient (Wildman–Crippen LogP) is 2.27. The Kier molecular flexibility index (Phi) is 4.80. The fraction of sp³-hybridized carbons (Fsp3) is 0.636. The molecule has 16 heavy (non-hydrogen) atoms. The first kappa shape index (κ1) is 13.0. The topological polar surface area (TPSA) is 46.9 Å². The molecule has 1 heterocycles. The molecule has 1 aromatic rings. The van der Waals surface area contributed by atoms with Gasteiger partial charge in [-0.05, 0) is 20.3 Å². The first-order valence-corrected chi connectivity index (χ1v) is 5.95. The van der Waals surface area contributed by atoms with Crippen LogP contribution in [0.3, 0.4) is 0 Å². The molecule has 0 bridgehead atoms. The molecule has 0 spiro atoms. The number of carbonyl (C=O) groups excluding carboxylic acids is 1. The van der Waals surface area contributed by atoms with Crippen molar-refractivity contribution < 1.29 is 4.79 Å². The Hall–Kier alpha value is -1.03. The van der Waals surface area contributed by atoms with Crippen molar-refractivity contribution in [2.24, 2.45) is 0 Å². The van der Waals surface area contributed by atoms with E-state index in [0.717, 1.165) is 12.0 Å². The van der Waals surface area contributed by atoms with Crippen LogP contribution in [0.4, 0.5) is 0 Å². The summed E-state index contributed by atoms with van der Waals surface area (Å²) in [4.78, 5) is 11.6. The number of rotatable bonds is 5. The van der Waals surface area contributed by atoms with Crippen LogP contribution < -0.4 is 5.32 Å². The van der Waals surface area contributed by atoms with Gasteiger partial charge in [0.05, 0.1) is 6.20 Å². The molecule has 0 radical (unpaired) electrons. The Balaban J connectivity index is 2.64. The maximum absolute atomic E-state index is 11.6. The van der Waals surface area contributed by atoms with Gasteiger partial charge in [0.1, 0.15) is 5.38 Å². The summed E-state index contributed by atoms with van der Waals surface area (Å²) in [6.07, 6.45) is 4.36. The van der Waals surface area contributed by atoms with Crippen molar-refractivity contribution in [2.45, 2.75) is 38.6 Å². The molecule has 1 amide bonds. The lowest BCUT2D eigenvalue weighted by atomic mass is 10.2. The Bertz CT molecular complexity index is 349. The molecule has 0 saturated carbocycles. The minimum Gasteiger partial charge on any atom is -0.355 e. The molecule has 1 N–H and O–H groups in total. The van der Waals surface area contributed by atoms with Gasteiger partial charge in [0.25, 0.3) is 0 Å². The zero-order valence-electron chi connectivity index (χ0n) is 9.90. The lowest BCUT2D eigenvalue weighted by Crippen LogP contribution is -2.27. The van der Waals surface area contributed by atoms with E-state index in [0.29, 0.717) is 6.54 Å². The van der Waals surface area contributed by atoms with Gasteiger partial charge in [0, 0.05) is 24.3 Å². The molecule has 1 rings (SSSR count). The third kappa shape index (κ3) is 3.23. The normalized spacial score (nSPS) is 12.8.